The Labute approximate surface area is 106 Å². The van der Waals surface area contributed by atoms with Crippen LogP contribution in [0.25, 0.3) is 0 Å². The number of rotatable bonds is 3. The summed E-state index contributed by atoms with van der Waals surface area (Å²) in [6.45, 7) is 1.92. The summed E-state index contributed by atoms with van der Waals surface area (Å²) in [6.07, 6.45) is 2.44. The minimum absolute atomic E-state index is 0.0215. The molecule has 0 amide bonds. The summed E-state index contributed by atoms with van der Waals surface area (Å²) in [5.41, 5.74) is 6.70. The first-order chi connectivity index (χ1) is 7.96. The monoisotopic (exact) mass is 274 g/mol. The predicted molar refractivity (Wildman–Crippen MR) is 69.8 cm³/mol. The Morgan fingerprint density at radius 3 is 2.71 bits per heavy atom. The molecule has 4 nitrogen and oxygen atoms in total. The Kier molecular flexibility index (Phi) is 3.85. The summed E-state index contributed by atoms with van der Waals surface area (Å²) < 4.78 is 22.6. The van der Waals surface area contributed by atoms with Crippen molar-refractivity contribution in [3.8, 4) is 0 Å². The molecule has 1 aliphatic rings. The highest BCUT2D eigenvalue weighted by atomic mass is 32.2. The van der Waals surface area contributed by atoms with Crippen LogP contribution in [0.15, 0.2) is 5.38 Å². The van der Waals surface area contributed by atoms with Gasteiger partial charge in [-0.05, 0) is 25.7 Å². The van der Waals surface area contributed by atoms with Crippen molar-refractivity contribution in [1.82, 2.24) is 4.98 Å². The molecule has 0 saturated carbocycles. The van der Waals surface area contributed by atoms with E-state index in [0.29, 0.717) is 17.4 Å². The van der Waals surface area contributed by atoms with Crippen molar-refractivity contribution in [3.05, 3.63) is 16.1 Å². The zero-order valence-electron chi connectivity index (χ0n) is 9.93. The van der Waals surface area contributed by atoms with Crippen molar-refractivity contribution < 1.29 is 8.42 Å². The first-order valence-corrected chi connectivity index (χ1v) is 8.57. The molecule has 0 aliphatic carbocycles. The average molecular weight is 274 g/mol. The van der Waals surface area contributed by atoms with Crippen molar-refractivity contribution in [2.45, 2.75) is 32.2 Å². The molecule has 1 saturated heterocycles. The van der Waals surface area contributed by atoms with E-state index >= 15 is 0 Å². The van der Waals surface area contributed by atoms with Crippen LogP contribution in [0.1, 0.15) is 36.5 Å². The number of aromatic nitrogens is 1. The van der Waals surface area contributed by atoms with Gasteiger partial charge in [-0.2, -0.15) is 0 Å². The highest BCUT2D eigenvalue weighted by Crippen LogP contribution is 2.25. The molecule has 6 heteroatoms. The lowest BCUT2D eigenvalue weighted by Gasteiger charge is -2.20. The Morgan fingerprint density at radius 1 is 1.53 bits per heavy atom. The van der Waals surface area contributed by atoms with Gasteiger partial charge < -0.3 is 5.73 Å². The zero-order valence-corrected chi connectivity index (χ0v) is 11.6. The Bertz CT molecular complexity index is 465. The Morgan fingerprint density at radius 2 is 2.18 bits per heavy atom. The smallest absolute Gasteiger partial charge is 0.150 e. The van der Waals surface area contributed by atoms with Gasteiger partial charge in [-0.25, -0.2) is 13.4 Å². The van der Waals surface area contributed by atoms with E-state index in [-0.39, 0.29) is 6.04 Å². The second-order valence-corrected chi connectivity index (χ2v) is 8.00. The lowest BCUT2D eigenvalue weighted by molar-refractivity contribution is 0.461. The fraction of sp³-hybridized carbons (Fsp3) is 0.727. The van der Waals surface area contributed by atoms with Crippen LogP contribution in [-0.2, 0) is 16.3 Å². The molecule has 96 valence electrons. The highest BCUT2D eigenvalue weighted by molar-refractivity contribution is 7.91. The fourth-order valence-corrected chi connectivity index (χ4v) is 4.62. The first kappa shape index (κ1) is 13.0. The van der Waals surface area contributed by atoms with Gasteiger partial charge in [0.25, 0.3) is 0 Å². The van der Waals surface area contributed by atoms with Crippen LogP contribution in [0, 0.1) is 5.92 Å². The molecule has 1 atom stereocenters. The molecule has 1 aliphatic heterocycles. The van der Waals surface area contributed by atoms with Crippen molar-refractivity contribution >= 4 is 21.2 Å². The van der Waals surface area contributed by atoms with E-state index in [9.17, 15) is 8.42 Å². The van der Waals surface area contributed by atoms with Crippen LogP contribution in [-0.4, -0.2) is 24.9 Å². The van der Waals surface area contributed by atoms with E-state index < -0.39 is 9.84 Å². The molecule has 0 aromatic carbocycles. The van der Waals surface area contributed by atoms with Crippen LogP contribution in [0.4, 0.5) is 0 Å². The average Bonchev–Trinajstić information content (AvgIpc) is 2.70. The summed E-state index contributed by atoms with van der Waals surface area (Å²) in [4.78, 5) is 4.48. The molecule has 0 spiro atoms. The number of thiazole rings is 1. The summed E-state index contributed by atoms with van der Waals surface area (Å²) in [7, 11) is -2.75. The molecular formula is C11H18N2O2S2. The molecule has 2 rings (SSSR count). The van der Waals surface area contributed by atoms with E-state index in [0.717, 1.165) is 30.0 Å². The van der Waals surface area contributed by atoms with Gasteiger partial charge in [-0.15, -0.1) is 11.3 Å². The first-order valence-electron chi connectivity index (χ1n) is 5.86. The molecule has 1 aromatic heterocycles. The molecule has 2 N–H and O–H groups in total. The fourth-order valence-electron chi connectivity index (χ4n) is 2.02. The highest BCUT2D eigenvalue weighted by Gasteiger charge is 2.24. The summed E-state index contributed by atoms with van der Waals surface area (Å²) in [5, 5.41) is 3.08. The minimum atomic E-state index is -2.75. The maximum absolute atomic E-state index is 11.3. The molecule has 0 radical (unpaired) electrons. The Hall–Kier alpha value is -0.460. The molecule has 1 aromatic rings. The normalized spacial score (nSPS) is 22.5. The Balaban J connectivity index is 1.93. The van der Waals surface area contributed by atoms with Crippen molar-refractivity contribution in [3.63, 3.8) is 0 Å². The van der Waals surface area contributed by atoms with Crippen LogP contribution >= 0.6 is 11.3 Å². The van der Waals surface area contributed by atoms with Gasteiger partial charge in [0, 0.05) is 17.8 Å². The third-order valence-electron chi connectivity index (χ3n) is 3.17. The summed E-state index contributed by atoms with van der Waals surface area (Å²) in [6, 6.07) is -0.0215. The predicted octanol–water partition coefficient (Wildman–Crippen LogP) is 1.53. The third-order valence-corrected chi connectivity index (χ3v) is 5.78. The van der Waals surface area contributed by atoms with E-state index in [4.69, 9.17) is 5.73 Å². The topological polar surface area (TPSA) is 73.1 Å². The summed E-state index contributed by atoms with van der Waals surface area (Å²) in [5.74, 6) is 1.14. The number of hydrogen-bond donors (Lipinski definition) is 1. The SMILES string of the molecule is CC(N)c1csc(CC2CCS(=O)(=O)CC2)n1. The zero-order chi connectivity index (χ0) is 12.5. The molecule has 17 heavy (non-hydrogen) atoms. The molecule has 0 bridgehead atoms. The van der Waals surface area contributed by atoms with Crippen LogP contribution in [0.5, 0.6) is 0 Å². The van der Waals surface area contributed by atoms with Crippen LogP contribution < -0.4 is 5.73 Å². The lowest BCUT2D eigenvalue weighted by Crippen LogP contribution is -2.24. The van der Waals surface area contributed by atoms with E-state index in [1.807, 2.05) is 12.3 Å². The molecule has 2 heterocycles. The maximum Gasteiger partial charge on any atom is 0.150 e. The third kappa shape index (κ3) is 3.50. The van der Waals surface area contributed by atoms with E-state index in [2.05, 4.69) is 4.98 Å². The lowest BCUT2D eigenvalue weighted by atomic mass is 9.99. The van der Waals surface area contributed by atoms with Crippen LogP contribution in [0.3, 0.4) is 0 Å². The van der Waals surface area contributed by atoms with Gasteiger partial charge >= 0.3 is 0 Å². The standard InChI is InChI=1S/C11H18N2O2S2/c1-8(12)10-7-16-11(13-10)6-9-2-4-17(14,15)5-3-9/h7-9H,2-6,12H2,1H3. The minimum Gasteiger partial charge on any atom is -0.323 e. The second-order valence-electron chi connectivity index (χ2n) is 4.75. The van der Waals surface area contributed by atoms with Gasteiger partial charge in [0.2, 0.25) is 0 Å². The van der Waals surface area contributed by atoms with Gasteiger partial charge in [0.15, 0.2) is 0 Å². The quantitative estimate of drug-likeness (QED) is 0.907. The van der Waals surface area contributed by atoms with Gasteiger partial charge in [-0.1, -0.05) is 0 Å². The summed E-state index contributed by atoms with van der Waals surface area (Å²) >= 11 is 1.63. The molecule has 1 unspecified atom stereocenters. The second kappa shape index (κ2) is 5.04. The van der Waals surface area contributed by atoms with Crippen molar-refractivity contribution in [2.75, 3.05) is 11.5 Å². The van der Waals surface area contributed by atoms with Crippen LogP contribution in [0.2, 0.25) is 0 Å². The number of nitrogens with two attached hydrogens (primary N) is 1. The maximum atomic E-state index is 11.3. The largest absolute Gasteiger partial charge is 0.323 e. The van der Waals surface area contributed by atoms with Gasteiger partial charge in [0.05, 0.1) is 22.2 Å². The number of nitrogens with zero attached hydrogens (tertiary/aromatic N) is 1. The molecule has 1 fully saturated rings. The van der Waals surface area contributed by atoms with E-state index in [1.165, 1.54) is 0 Å². The number of sulfone groups is 1. The van der Waals surface area contributed by atoms with Crippen molar-refractivity contribution in [1.29, 1.82) is 0 Å². The van der Waals surface area contributed by atoms with E-state index in [1.54, 1.807) is 11.3 Å². The van der Waals surface area contributed by atoms with Gasteiger partial charge in [0.1, 0.15) is 9.84 Å². The van der Waals surface area contributed by atoms with Gasteiger partial charge in [-0.3, -0.25) is 0 Å². The van der Waals surface area contributed by atoms with Crippen molar-refractivity contribution in [2.24, 2.45) is 11.7 Å². The molecular weight excluding hydrogens is 256 g/mol. The number of hydrogen-bond acceptors (Lipinski definition) is 5.